The van der Waals surface area contributed by atoms with Gasteiger partial charge in [-0.2, -0.15) is 0 Å². The second kappa shape index (κ2) is 6.68. The molecule has 0 bridgehead atoms. The Labute approximate surface area is 135 Å². The van der Waals surface area contributed by atoms with Gasteiger partial charge in [-0.25, -0.2) is 8.42 Å². The molecule has 3 rings (SSSR count). The summed E-state index contributed by atoms with van der Waals surface area (Å²) in [5.74, 6) is -0.0592. The van der Waals surface area contributed by atoms with Crippen LogP contribution < -0.4 is 0 Å². The van der Waals surface area contributed by atoms with E-state index in [4.69, 9.17) is 0 Å². The monoisotopic (exact) mass is 342 g/mol. The maximum Gasteiger partial charge on any atom is 0.226 e. The second-order valence-electron chi connectivity index (χ2n) is 6.13. The molecule has 2 aliphatic heterocycles. The van der Waals surface area contributed by atoms with E-state index in [0.29, 0.717) is 13.0 Å². The van der Waals surface area contributed by atoms with Crippen LogP contribution in [-0.4, -0.2) is 61.8 Å². The summed E-state index contributed by atoms with van der Waals surface area (Å²) >= 11 is 1.76. The number of amides is 1. The van der Waals surface area contributed by atoms with Crippen LogP contribution in [0.15, 0.2) is 17.5 Å². The molecule has 1 unspecified atom stereocenters. The molecular weight excluding hydrogens is 320 g/mol. The van der Waals surface area contributed by atoms with Crippen LogP contribution in [0.3, 0.4) is 0 Å². The lowest BCUT2D eigenvalue weighted by Crippen LogP contribution is -2.39. The van der Waals surface area contributed by atoms with Gasteiger partial charge in [-0.1, -0.05) is 6.07 Å². The van der Waals surface area contributed by atoms with E-state index < -0.39 is 9.84 Å². The molecule has 2 fully saturated rings. The van der Waals surface area contributed by atoms with E-state index in [1.807, 2.05) is 4.90 Å². The van der Waals surface area contributed by atoms with Crippen molar-refractivity contribution in [2.24, 2.45) is 5.92 Å². The fraction of sp³-hybridized carbons (Fsp3) is 0.667. The molecular formula is C15H22N2O3S2. The number of hydrogen-bond donors (Lipinski definition) is 0. The van der Waals surface area contributed by atoms with Gasteiger partial charge in [-0.15, -0.1) is 11.3 Å². The van der Waals surface area contributed by atoms with Gasteiger partial charge in [0.15, 0.2) is 9.84 Å². The predicted octanol–water partition coefficient (Wildman–Crippen LogP) is 1.22. The standard InChI is InChI=1S/C15H22N2O3S2/c18-15(13-4-10-22(19,20)12-13)17-6-2-5-16(7-8-17)11-14-3-1-9-21-14/h1,3,9,13H,2,4-8,10-12H2. The lowest BCUT2D eigenvalue weighted by Gasteiger charge is -2.24. The van der Waals surface area contributed by atoms with Crippen molar-refractivity contribution in [3.05, 3.63) is 22.4 Å². The third kappa shape index (κ3) is 3.88. The summed E-state index contributed by atoms with van der Waals surface area (Å²) in [5.41, 5.74) is 0. The summed E-state index contributed by atoms with van der Waals surface area (Å²) in [4.78, 5) is 18.1. The van der Waals surface area contributed by atoms with Gasteiger partial charge in [0.2, 0.25) is 5.91 Å². The fourth-order valence-electron chi connectivity index (χ4n) is 3.22. The van der Waals surface area contributed by atoms with E-state index in [0.717, 1.165) is 32.6 Å². The molecule has 7 heteroatoms. The van der Waals surface area contributed by atoms with Crippen molar-refractivity contribution >= 4 is 27.1 Å². The minimum atomic E-state index is -2.99. The lowest BCUT2D eigenvalue weighted by molar-refractivity contribution is -0.134. The van der Waals surface area contributed by atoms with E-state index >= 15 is 0 Å². The Balaban J connectivity index is 1.55. The van der Waals surface area contributed by atoms with Gasteiger partial charge in [0, 0.05) is 37.6 Å². The molecule has 0 aliphatic carbocycles. The van der Waals surface area contributed by atoms with Crippen molar-refractivity contribution in [1.82, 2.24) is 9.80 Å². The molecule has 0 radical (unpaired) electrons. The Kier molecular flexibility index (Phi) is 4.84. The van der Waals surface area contributed by atoms with Crippen molar-refractivity contribution in [3.8, 4) is 0 Å². The largest absolute Gasteiger partial charge is 0.341 e. The smallest absolute Gasteiger partial charge is 0.226 e. The summed E-state index contributed by atoms with van der Waals surface area (Å²) in [6, 6.07) is 4.20. The molecule has 2 aliphatic rings. The van der Waals surface area contributed by atoms with Gasteiger partial charge in [0.25, 0.3) is 0 Å². The second-order valence-corrected chi connectivity index (χ2v) is 9.40. The zero-order valence-corrected chi connectivity index (χ0v) is 14.2. The molecule has 1 aromatic rings. The molecule has 0 N–H and O–H groups in total. The summed E-state index contributed by atoms with van der Waals surface area (Å²) in [6.07, 6.45) is 1.45. The summed E-state index contributed by atoms with van der Waals surface area (Å²) in [7, 11) is -2.99. The van der Waals surface area contributed by atoms with Crippen LogP contribution in [0.2, 0.25) is 0 Å². The van der Waals surface area contributed by atoms with E-state index in [1.54, 1.807) is 11.3 Å². The zero-order valence-electron chi connectivity index (χ0n) is 12.6. The molecule has 0 spiro atoms. The van der Waals surface area contributed by atoms with Gasteiger partial charge in [0.1, 0.15) is 0 Å². The molecule has 0 saturated carbocycles. The molecule has 1 aromatic heterocycles. The van der Waals surface area contributed by atoms with Crippen LogP contribution in [0.25, 0.3) is 0 Å². The first-order valence-electron chi connectivity index (χ1n) is 7.77. The molecule has 0 aromatic carbocycles. The number of thiophene rings is 1. The lowest BCUT2D eigenvalue weighted by atomic mass is 10.1. The Morgan fingerprint density at radius 2 is 2.14 bits per heavy atom. The van der Waals surface area contributed by atoms with Crippen LogP contribution in [0, 0.1) is 5.92 Å². The Hall–Kier alpha value is -0.920. The number of carbonyl (C=O) groups is 1. The van der Waals surface area contributed by atoms with Crippen molar-refractivity contribution in [1.29, 1.82) is 0 Å². The molecule has 1 amide bonds. The maximum atomic E-state index is 12.5. The molecule has 3 heterocycles. The van der Waals surface area contributed by atoms with E-state index in [9.17, 15) is 13.2 Å². The number of carbonyl (C=O) groups excluding carboxylic acids is 1. The third-order valence-electron chi connectivity index (χ3n) is 4.44. The highest BCUT2D eigenvalue weighted by Crippen LogP contribution is 2.22. The van der Waals surface area contributed by atoms with Gasteiger partial charge in [-0.05, 0) is 24.3 Å². The van der Waals surface area contributed by atoms with Gasteiger partial charge in [0.05, 0.1) is 17.4 Å². The average molecular weight is 342 g/mol. The van der Waals surface area contributed by atoms with Gasteiger partial charge >= 0.3 is 0 Å². The topological polar surface area (TPSA) is 57.7 Å². The van der Waals surface area contributed by atoms with Gasteiger partial charge < -0.3 is 4.90 Å². The number of hydrogen-bond acceptors (Lipinski definition) is 5. The maximum absolute atomic E-state index is 12.5. The van der Waals surface area contributed by atoms with Crippen LogP contribution in [0.1, 0.15) is 17.7 Å². The number of sulfone groups is 1. The van der Waals surface area contributed by atoms with Crippen LogP contribution in [-0.2, 0) is 21.2 Å². The van der Waals surface area contributed by atoms with Crippen molar-refractivity contribution in [2.75, 3.05) is 37.7 Å². The minimum absolute atomic E-state index is 0.0408. The van der Waals surface area contributed by atoms with Gasteiger partial charge in [-0.3, -0.25) is 9.69 Å². The highest BCUT2D eigenvalue weighted by atomic mass is 32.2. The highest BCUT2D eigenvalue weighted by Gasteiger charge is 2.35. The molecule has 2 saturated heterocycles. The first kappa shape index (κ1) is 16.0. The fourth-order valence-corrected chi connectivity index (χ4v) is 5.70. The van der Waals surface area contributed by atoms with Crippen LogP contribution in [0.5, 0.6) is 0 Å². The van der Waals surface area contributed by atoms with Crippen LogP contribution in [0.4, 0.5) is 0 Å². The van der Waals surface area contributed by atoms with E-state index in [2.05, 4.69) is 22.4 Å². The normalized spacial score (nSPS) is 26.0. The highest BCUT2D eigenvalue weighted by molar-refractivity contribution is 7.91. The molecule has 22 heavy (non-hydrogen) atoms. The SMILES string of the molecule is O=C(C1CCS(=O)(=O)C1)N1CCCN(Cc2cccs2)CC1. The van der Waals surface area contributed by atoms with E-state index in [-0.39, 0.29) is 23.3 Å². The Morgan fingerprint density at radius 3 is 2.82 bits per heavy atom. The Bertz CT molecular complexity index is 613. The van der Waals surface area contributed by atoms with Crippen molar-refractivity contribution < 1.29 is 13.2 Å². The number of rotatable bonds is 3. The predicted molar refractivity (Wildman–Crippen MR) is 87.6 cm³/mol. The van der Waals surface area contributed by atoms with Crippen molar-refractivity contribution in [2.45, 2.75) is 19.4 Å². The average Bonchev–Trinajstić information content (AvgIpc) is 3.03. The molecule has 122 valence electrons. The van der Waals surface area contributed by atoms with Crippen molar-refractivity contribution in [3.63, 3.8) is 0 Å². The third-order valence-corrected chi connectivity index (χ3v) is 7.07. The molecule has 1 atom stereocenters. The quantitative estimate of drug-likeness (QED) is 0.829. The minimum Gasteiger partial charge on any atom is -0.341 e. The Morgan fingerprint density at radius 1 is 1.27 bits per heavy atom. The molecule has 5 nitrogen and oxygen atoms in total. The van der Waals surface area contributed by atoms with E-state index in [1.165, 1.54) is 4.88 Å². The first-order valence-corrected chi connectivity index (χ1v) is 10.5. The zero-order chi connectivity index (χ0) is 15.6. The van der Waals surface area contributed by atoms with Crippen LogP contribution >= 0.6 is 11.3 Å². The summed E-state index contributed by atoms with van der Waals surface area (Å²) < 4.78 is 23.1. The first-order chi connectivity index (χ1) is 10.5. The summed E-state index contributed by atoms with van der Waals surface area (Å²) in [6.45, 7) is 4.25. The summed E-state index contributed by atoms with van der Waals surface area (Å²) in [5, 5.41) is 2.09. The number of nitrogens with zero attached hydrogens (tertiary/aromatic N) is 2.